The third-order valence-electron chi connectivity index (χ3n) is 4.34. The Labute approximate surface area is 129 Å². The molecule has 1 heterocycles. The van der Waals surface area contributed by atoms with Gasteiger partial charge in [0.2, 0.25) is 5.91 Å². The van der Waals surface area contributed by atoms with Crippen LogP contribution in [0, 0.1) is 11.8 Å². The molecule has 0 saturated carbocycles. The smallest absolute Gasteiger partial charge is 0.416 e. The summed E-state index contributed by atoms with van der Waals surface area (Å²) in [6, 6.07) is 9.77. The highest BCUT2D eigenvalue weighted by Crippen LogP contribution is 2.37. The summed E-state index contributed by atoms with van der Waals surface area (Å²) >= 11 is 0. The fraction of sp³-hybridized carbons (Fsp3) is 0.412. The minimum Gasteiger partial charge on any atom is -0.447 e. The molecule has 0 spiro atoms. The van der Waals surface area contributed by atoms with Gasteiger partial charge in [-0.15, -0.1) is 0 Å². The van der Waals surface area contributed by atoms with Gasteiger partial charge in [0.1, 0.15) is 6.61 Å². The number of aliphatic hydroxyl groups is 1. The van der Waals surface area contributed by atoms with Gasteiger partial charge in [0.05, 0.1) is 6.54 Å². The van der Waals surface area contributed by atoms with E-state index in [4.69, 9.17) is 4.74 Å². The number of rotatable bonds is 3. The predicted molar refractivity (Wildman–Crippen MR) is 80.1 cm³/mol. The molecule has 1 saturated heterocycles. The summed E-state index contributed by atoms with van der Waals surface area (Å²) in [5, 5.41) is 9.40. The number of aliphatic hydroxyl groups excluding tert-OH is 1. The highest BCUT2D eigenvalue weighted by Gasteiger charge is 2.39. The molecule has 3 atom stereocenters. The molecule has 2 aliphatic rings. The van der Waals surface area contributed by atoms with Gasteiger partial charge in [-0.3, -0.25) is 4.79 Å². The Balaban J connectivity index is 1.89. The van der Waals surface area contributed by atoms with Gasteiger partial charge in [-0.2, -0.15) is 0 Å². The van der Waals surface area contributed by atoms with Crippen LogP contribution in [0.15, 0.2) is 42.5 Å². The number of allylic oxidation sites excluding steroid dienone is 1. The van der Waals surface area contributed by atoms with Crippen LogP contribution < -0.4 is 0 Å². The fourth-order valence-electron chi connectivity index (χ4n) is 3.16. The molecule has 3 rings (SSSR count). The molecule has 1 N–H and O–H groups in total. The summed E-state index contributed by atoms with van der Waals surface area (Å²) in [5.74, 6) is -0.688. The quantitative estimate of drug-likeness (QED) is 0.866. The summed E-state index contributed by atoms with van der Waals surface area (Å²) in [5.41, 5.74) is 1.04. The maximum Gasteiger partial charge on any atom is 0.416 e. The van der Waals surface area contributed by atoms with E-state index in [-0.39, 0.29) is 36.9 Å². The summed E-state index contributed by atoms with van der Waals surface area (Å²) in [6.45, 7) is 0.571. The molecule has 1 aromatic rings. The molecule has 22 heavy (non-hydrogen) atoms. The van der Waals surface area contributed by atoms with Crippen molar-refractivity contribution in [2.45, 2.75) is 12.3 Å². The number of nitrogens with zero attached hydrogens (tertiary/aromatic N) is 1. The average Bonchev–Trinajstić information content (AvgIpc) is 3.00. The standard InChI is InChI=1S/C17H19NO4/c19-11-12-6-7-14(13-4-2-1-3-5-13)15(10-12)16(20)18-8-9-22-17(18)21/h1-7,12,14-15,19H,8-11H2/t12-,14-,15-/m0/s1. The van der Waals surface area contributed by atoms with Crippen LogP contribution in [0.5, 0.6) is 0 Å². The second kappa shape index (κ2) is 6.32. The molecule has 0 bridgehead atoms. The lowest BCUT2D eigenvalue weighted by atomic mass is 9.75. The van der Waals surface area contributed by atoms with Crippen LogP contribution >= 0.6 is 0 Å². The third-order valence-corrected chi connectivity index (χ3v) is 4.34. The number of ether oxygens (including phenoxy) is 1. The van der Waals surface area contributed by atoms with Crippen molar-refractivity contribution in [2.24, 2.45) is 11.8 Å². The van der Waals surface area contributed by atoms with Crippen molar-refractivity contribution in [1.29, 1.82) is 0 Å². The number of carbonyl (C=O) groups excluding carboxylic acids is 2. The van der Waals surface area contributed by atoms with Crippen molar-refractivity contribution in [3.63, 3.8) is 0 Å². The first-order valence-corrected chi connectivity index (χ1v) is 7.53. The molecule has 2 amide bonds. The van der Waals surface area contributed by atoms with Crippen molar-refractivity contribution in [2.75, 3.05) is 19.8 Å². The number of hydrogen-bond acceptors (Lipinski definition) is 4. The maximum atomic E-state index is 12.8. The van der Waals surface area contributed by atoms with Crippen LogP contribution in [0.1, 0.15) is 17.9 Å². The van der Waals surface area contributed by atoms with Gasteiger partial charge in [0.25, 0.3) is 0 Å². The van der Waals surface area contributed by atoms with E-state index in [0.717, 1.165) is 5.56 Å². The lowest BCUT2D eigenvalue weighted by Crippen LogP contribution is -2.40. The van der Waals surface area contributed by atoms with Crippen molar-refractivity contribution in [3.8, 4) is 0 Å². The van der Waals surface area contributed by atoms with Crippen molar-refractivity contribution in [1.82, 2.24) is 4.90 Å². The van der Waals surface area contributed by atoms with E-state index < -0.39 is 6.09 Å². The maximum absolute atomic E-state index is 12.8. The minimum absolute atomic E-state index is 0.00619. The van der Waals surface area contributed by atoms with E-state index >= 15 is 0 Å². The van der Waals surface area contributed by atoms with E-state index in [1.54, 1.807) is 0 Å². The van der Waals surface area contributed by atoms with Crippen LogP contribution in [0.25, 0.3) is 0 Å². The van der Waals surface area contributed by atoms with E-state index in [9.17, 15) is 14.7 Å². The molecule has 0 aromatic heterocycles. The molecule has 1 fully saturated rings. The van der Waals surface area contributed by atoms with Gasteiger partial charge < -0.3 is 9.84 Å². The van der Waals surface area contributed by atoms with Crippen LogP contribution in [0.2, 0.25) is 0 Å². The molecule has 1 aromatic carbocycles. The zero-order valence-corrected chi connectivity index (χ0v) is 12.2. The topological polar surface area (TPSA) is 66.8 Å². The highest BCUT2D eigenvalue weighted by molar-refractivity contribution is 5.95. The Morgan fingerprint density at radius 3 is 2.68 bits per heavy atom. The van der Waals surface area contributed by atoms with Gasteiger partial charge in [0, 0.05) is 24.4 Å². The monoisotopic (exact) mass is 301 g/mol. The third kappa shape index (κ3) is 2.76. The average molecular weight is 301 g/mol. The fourth-order valence-corrected chi connectivity index (χ4v) is 3.16. The Kier molecular flexibility index (Phi) is 4.24. The van der Waals surface area contributed by atoms with Gasteiger partial charge in [-0.1, -0.05) is 42.5 Å². The number of imide groups is 1. The largest absolute Gasteiger partial charge is 0.447 e. The molecule has 116 valence electrons. The van der Waals surface area contributed by atoms with Gasteiger partial charge in [-0.25, -0.2) is 9.69 Å². The molecule has 1 aliphatic carbocycles. The summed E-state index contributed by atoms with van der Waals surface area (Å²) in [7, 11) is 0. The number of carbonyl (C=O) groups is 2. The first-order valence-electron chi connectivity index (χ1n) is 7.53. The number of cyclic esters (lactones) is 1. The second-order valence-corrected chi connectivity index (χ2v) is 5.71. The molecule has 0 radical (unpaired) electrons. The molecule has 1 aliphatic heterocycles. The van der Waals surface area contributed by atoms with Crippen molar-refractivity contribution >= 4 is 12.0 Å². The van der Waals surface area contributed by atoms with Crippen LogP contribution in [-0.4, -0.2) is 41.8 Å². The van der Waals surface area contributed by atoms with E-state index in [2.05, 4.69) is 0 Å². The first kappa shape index (κ1) is 14.8. The molecule has 5 heteroatoms. The SMILES string of the molecule is O=C1OCCN1C(=O)[C@H]1C[C@@H](CO)C=C[C@H]1c1ccccc1. The van der Waals surface area contributed by atoms with E-state index in [1.807, 2.05) is 42.5 Å². The summed E-state index contributed by atoms with van der Waals surface area (Å²) in [4.78, 5) is 25.6. The number of benzene rings is 1. The Morgan fingerprint density at radius 1 is 1.27 bits per heavy atom. The Morgan fingerprint density at radius 2 is 2.05 bits per heavy atom. The zero-order chi connectivity index (χ0) is 15.5. The van der Waals surface area contributed by atoms with Crippen molar-refractivity contribution in [3.05, 3.63) is 48.0 Å². The summed E-state index contributed by atoms with van der Waals surface area (Å²) in [6.07, 6.45) is 3.91. The minimum atomic E-state index is -0.563. The van der Waals surface area contributed by atoms with Crippen LogP contribution in [0.3, 0.4) is 0 Å². The number of hydrogen-bond donors (Lipinski definition) is 1. The van der Waals surface area contributed by atoms with Gasteiger partial charge in [-0.05, 0) is 12.0 Å². The van der Waals surface area contributed by atoms with Crippen LogP contribution in [-0.2, 0) is 9.53 Å². The normalized spacial score (nSPS) is 27.8. The summed E-state index contributed by atoms with van der Waals surface area (Å²) < 4.78 is 4.87. The van der Waals surface area contributed by atoms with Gasteiger partial charge >= 0.3 is 6.09 Å². The second-order valence-electron chi connectivity index (χ2n) is 5.71. The lowest BCUT2D eigenvalue weighted by Gasteiger charge is -2.32. The van der Waals surface area contributed by atoms with E-state index in [0.29, 0.717) is 13.0 Å². The van der Waals surface area contributed by atoms with Crippen molar-refractivity contribution < 1.29 is 19.4 Å². The van der Waals surface area contributed by atoms with Gasteiger partial charge in [0.15, 0.2) is 0 Å². The molecular formula is C17H19NO4. The Hall–Kier alpha value is -2.14. The molecule has 5 nitrogen and oxygen atoms in total. The Bertz CT molecular complexity index is 584. The van der Waals surface area contributed by atoms with Crippen LogP contribution in [0.4, 0.5) is 4.79 Å². The molecular weight excluding hydrogens is 282 g/mol. The zero-order valence-electron chi connectivity index (χ0n) is 12.2. The molecule has 0 unspecified atom stereocenters. The van der Waals surface area contributed by atoms with E-state index in [1.165, 1.54) is 4.90 Å². The highest BCUT2D eigenvalue weighted by atomic mass is 16.6. The predicted octanol–water partition coefficient (Wildman–Crippen LogP) is 1.93. The number of amides is 2. The lowest BCUT2D eigenvalue weighted by molar-refractivity contribution is -0.133. The first-order chi connectivity index (χ1) is 10.7.